The van der Waals surface area contributed by atoms with Gasteiger partial charge in [-0.1, -0.05) is 36.4 Å². The highest BCUT2D eigenvalue weighted by Gasteiger charge is 2.39. The number of Topliss-reactive ketones (excluding diaryl/α,β-unsaturated/α-hetero) is 1. The van der Waals surface area contributed by atoms with Crippen molar-refractivity contribution in [1.82, 2.24) is 0 Å². The first kappa shape index (κ1) is 13.5. The summed E-state index contributed by atoms with van der Waals surface area (Å²) in [5.74, 6) is -0.726. The van der Waals surface area contributed by atoms with E-state index in [1.807, 2.05) is 12.1 Å². The molecule has 0 aliphatic rings. The number of carbonyl (C=O) groups is 1. The number of aliphatic hydroxyl groups is 1. The molecule has 1 N–H and O–H groups in total. The standard InChI is InChI=1S/C14H11F3O2/c15-14(16,17)13(19)8-12(18)11-6-5-9-3-1-2-4-10(9)7-11/h1-7,13,19H,8H2/t13-/m1/s1. The van der Waals surface area contributed by atoms with E-state index in [1.165, 1.54) is 12.1 Å². The number of benzene rings is 2. The zero-order valence-corrected chi connectivity index (χ0v) is 9.82. The van der Waals surface area contributed by atoms with Gasteiger partial charge in [-0.2, -0.15) is 13.2 Å². The molecule has 2 aromatic rings. The van der Waals surface area contributed by atoms with Crippen LogP contribution in [0.4, 0.5) is 13.2 Å². The summed E-state index contributed by atoms with van der Waals surface area (Å²) < 4.78 is 36.5. The van der Waals surface area contributed by atoms with Crippen LogP contribution in [0.1, 0.15) is 16.8 Å². The molecule has 0 fully saturated rings. The van der Waals surface area contributed by atoms with E-state index >= 15 is 0 Å². The lowest BCUT2D eigenvalue weighted by atomic mass is 10.0. The summed E-state index contributed by atoms with van der Waals surface area (Å²) in [7, 11) is 0. The van der Waals surface area contributed by atoms with Crippen molar-refractivity contribution in [3.8, 4) is 0 Å². The summed E-state index contributed by atoms with van der Waals surface area (Å²) in [6.45, 7) is 0. The molecule has 2 aromatic carbocycles. The minimum atomic E-state index is -4.77. The maximum atomic E-state index is 12.2. The van der Waals surface area contributed by atoms with Crippen molar-refractivity contribution < 1.29 is 23.1 Å². The molecule has 1 atom stereocenters. The first-order valence-corrected chi connectivity index (χ1v) is 5.65. The Hall–Kier alpha value is -1.88. The van der Waals surface area contributed by atoms with Gasteiger partial charge in [0.2, 0.25) is 0 Å². The quantitative estimate of drug-likeness (QED) is 0.867. The molecule has 0 bridgehead atoms. The van der Waals surface area contributed by atoms with Gasteiger partial charge in [-0.25, -0.2) is 0 Å². The largest absolute Gasteiger partial charge is 0.414 e. The highest BCUT2D eigenvalue weighted by molar-refractivity contribution is 6.00. The zero-order valence-electron chi connectivity index (χ0n) is 9.82. The average molecular weight is 268 g/mol. The van der Waals surface area contributed by atoms with E-state index in [2.05, 4.69) is 0 Å². The highest BCUT2D eigenvalue weighted by atomic mass is 19.4. The van der Waals surface area contributed by atoms with E-state index in [0.29, 0.717) is 0 Å². The number of ketones is 1. The minimum Gasteiger partial charge on any atom is -0.383 e. The van der Waals surface area contributed by atoms with E-state index in [0.717, 1.165) is 10.8 Å². The number of fused-ring (bicyclic) bond motifs is 1. The molecule has 0 aromatic heterocycles. The number of rotatable bonds is 3. The van der Waals surface area contributed by atoms with Crippen LogP contribution >= 0.6 is 0 Å². The van der Waals surface area contributed by atoms with Crippen LogP contribution in [0.3, 0.4) is 0 Å². The summed E-state index contributed by atoms with van der Waals surface area (Å²) in [5.41, 5.74) is 0.169. The number of hydrogen-bond donors (Lipinski definition) is 1. The third-order valence-electron chi connectivity index (χ3n) is 2.83. The van der Waals surface area contributed by atoms with E-state index in [-0.39, 0.29) is 5.56 Å². The van der Waals surface area contributed by atoms with Crippen molar-refractivity contribution in [2.75, 3.05) is 0 Å². The molecule has 19 heavy (non-hydrogen) atoms. The third kappa shape index (κ3) is 3.12. The van der Waals surface area contributed by atoms with Crippen molar-refractivity contribution in [3.05, 3.63) is 48.0 Å². The van der Waals surface area contributed by atoms with Gasteiger partial charge < -0.3 is 5.11 Å². The summed E-state index contributed by atoms with van der Waals surface area (Å²) >= 11 is 0. The van der Waals surface area contributed by atoms with Crippen LogP contribution < -0.4 is 0 Å². The number of carbonyl (C=O) groups excluding carboxylic acids is 1. The molecule has 0 saturated heterocycles. The first-order chi connectivity index (χ1) is 8.88. The minimum absolute atomic E-state index is 0.169. The van der Waals surface area contributed by atoms with Crippen molar-refractivity contribution in [1.29, 1.82) is 0 Å². The Labute approximate surface area is 107 Å². The molecule has 0 saturated carbocycles. The van der Waals surface area contributed by atoms with Crippen LogP contribution in [0.25, 0.3) is 10.8 Å². The molecule has 2 nitrogen and oxygen atoms in total. The fraction of sp³-hybridized carbons (Fsp3) is 0.214. The van der Waals surface area contributed by atoms with Gasteiger partial charge in [0.05, 0.1) is 0 Å². The van der Waals surface area contributed by atoms with Crippen LogP contribution in [0.2, 0.25) is 0 Å². The second kappa shape index (κ2) is 5.01. The van der Waals surface area contributed by atoms with Gasteiger partial charge in [-0.3, -0.25) is 4.79 Å². The molecule has 100 valence electrons. The molecule has 0 aliphatic heterocycles. The zero-order chi connectivity index (χ0) is 14.0. The molecule has 0 unspecified atom stereocenters. The van der Waals surface area contributed by atoms with Gasteiger partial charge in [0.1, 0.15) is 0 Å². The lowest BCUT2D eigenvalue weighted by Gasteiger charge is -2.13. The van der Waals surface area contributed by atoms with Gasteiger partial charge in [0.15, 0.2) is 11.9 Å². The summed E-state index contributed by atoms with van der Waals surface area (Å²) in [6, 6.07) is 11.9. The van der Waals surface area contributed by atoms with Crippen molar-refractivity contribution in [3.63, 3.8) is 0 Å². The smallest absolute Gasteiger partial charge is 0.383 e. The summed E-state index contributed by atoms with van der Waals surface area (Å²) in [4.78, 5) is 11.7. The molecular weight excluding hydrogens is 257 g/mol. The Morgan fingerprint density at radius 3 is 2.37 bits per heavy atom. The topological polar surface area (TPSA) is 37.3 Å². The molecule has 0 radical (unpaired) electrons. The summed E-state index contributed by atoms with van der Waals surface area (Å²) in [5, 5.41) is 10.6. The Morgan fingerprint density at radius 2 is 1.74 bits per heavy atom. The molecule has 0 heterocycles. The van der Waals surface area contributed by atoms with Crippen LogP contribution in [0, 0.1) is 0 Å². The predicted molar refractivity (Wildman–Crippen MR) is 65.0 cm³/mol. The first-order valence-electron chi connectivity index (χ1n) is 5.65. The molecule has 0 amide bonds. The number of hydrogen-bond acceptors (Lipinski definition) is 2. The second-order valence-electron chi connectivity index (χ2n) is 4.25. The predicted octanol–water partition coefficient (Wildman–Crippen LogP) is 3.34. The highest BCUT2D eigenvalue weighted by Crippen LogP contribution is 2.24. The van der Waals surface area contributed by atoms with Gasteiger partial charge in [-0.15, -0.1) is 0 Å². The van der Waals surface area contributed by atoms with Crippen molar-refractivity contribution in [2.45, 2.75) is 18.7 Å². The van der Waals surface area contributed by atoms with Crippen LogP contribution in [0.5, 0.6) is 0 Å². The Kier molecular flexibility index (Phi) is 3.57. The maximum Gasteiger partial charge on any atom is 0.414 e. The third-order valence-corrected chi connectivity index (χ3v) is 2.83. The fourth-order valence-electron chi connectivity index (χ4n) is 1.77. The number of aliphatic hydroxyl groups excluding tert-OH is 1. The van der Waals surface area contributed by atoms with E-state index < -0.39 is 24.5 Å². The molecule has 0 aliphatic carbocycles. The molecule has 5 heteroatoms. The SMILES string of the molecule is O=C(C[C@@H](O)C(F)(F)F)c1ccc2ccccc2c1. The Balaban J connectivity index is 2.22. The van der Waals surface area contributed by atoms with Gasteiger partial charge in [-0.05, 0) is 16.8 Å². The molecule has 2 rings (SSSR count). The Morgan fingerprint density at radius 1 is 1.11 bits per heavy atom. The van der Waals surface area contributed by atoms with Crippen LogP contribution in [0.15, 0.2) is 42.5 Å². The maximum absolute atomic E-state index is 12.2. The molecule has 0 spiro atoms. The van der Waals surface area contributed by atoms with E-state index in [1.54, 1.807) is 18.2 Å². The van der Waals surface area contributed by atoms with Gasteiger partial charge >= 0.3 is 6.18 Å². The lowest BCUT2D eigenvalue weighted by Crippen LogP contribution is -2.30. The average Bonchev–Trinajstić information content (AvgIpc) is 2.37. The van der Waals surface area contributed by atoms with Crippen LogP contribution in [-0.2, 0) is 0 Å². The van der Waals surface area contributed by atoms with Crippen LogP contribution in [-0.4, -0.2) is 23.2 Å². The van der Waals surface area contributed by atoms with E-state index in [9.17, 15) is 18.0 Å². The fourth-order valence-corrected chi connectivity index (χ4v) is 1.77. The van der Waals surface area contributed by atoms with Crippen molar-refractivity contribution >= 4 is 16.6 Å². The summed E-state index contributed by atoms with van der Waals surface area (Å²) in [6.07, 6.45) is -8.35. The number of alkyl halides is 3. The molecular formula is C14H11F3O2. The van der Waals surface area contributed by atoms with Gasteiger partial charge in [0.25, 0.3) is 0 Å². The lowest BCUT2D eigenvalue weighted by molar-refractivity contribution is -0.202. The Bertz CT molecular complexity index is 605. The second-order valence-corrected chi connectivity index (χ2v) is 4.25. The monoisotopic (exact) mass is 268 g/mol. The number of halogens is 3. The van der Waals surface area contributed by atoms with Crippen molar-refractivity contribution in [2.24, 2.45) is 0 Å². The van der Waals surface area contributed by atoms with E-state index in [4.69, 9.17) is 5.11 Å². The van der Waals surface area contributed by atoms with Gasteiger partial charge in [0, 0.05) is 12.0 Å². The normalized spacial score (nSPS) is 13.5.